The van der Waals surface area contributed by atoms with E-state index in [1.165, 1.54) is 44.0 Å². The van der Waals surface area contributed by atoms with E-state index in [9.17, 15) is 0 Å². The van der Waals surface area contributed by atoms with Crippen LogP contribution in [0.5, 0.6) is 0 Å². The van der Waals surface area contributed by atoms with Gasteiger partial charge in [0.2, 0.25) is 0 Å². The van der Waals surface area contributed by atoms with Crippen molar-refractivity contribution in [1.82, 2.24) is 10.3 Å². The molecule has 1 fully saturated rings. The first-order valence-corrected chi connectivity index (χ1v) is 8.42. The van der Waals surface area contributed by atoms with E-state index in [1.54, 1.807) is 0 Å². The molecule has 0 spiro atoms. The van der Waals surface area contributed by atoms with Crippen molar-refractivity contribution in [3.8, 4) is 11.3 Å². The van der Waals surface area contributed by atoms with E-state index < -0.39 is 0 Å². The van der Waals surface area contributed by atoms with Gasteiger partial charge in [-0.3, -0.25) is 0 Å². The first kappa shape index (κ1) is 12.1. The molecule has 0 amide bonds. The Morgan fingerprint density at radius 2 is 2.11 bits per heavy atom. The van der Waals surface area contributed by atoms with Crippen molar-refractivity contribution in [2.45, 2.75) is 25.2 Å². The summed E-state index contributed by atoms with van der Waals surface area (Å²) in [6.45, 7) is 2.27. The molecule has 2 aliphatic rings. The van der Waals surface area contributed by atoms with Gasteiger partial charge in [-0.25, -0.2) is 4.98 Å². The van der Waals surface area contributed by atoms with Gasteiger partial charge in [-0.15, -0.1) is 11.3 Å². The topological polar surface area (TPSA) is 24.9 Å². The maximum absolute atomic E-state index is 4.97. The number of fused-ring (bicyclic) bond motifs is 3. The van der Waals surface area contributed by atoms with E-state index in [4.69, 9.17) is 4.98 Å². The maximum atomic E-state index is 4.97. The Labute approximate surface area is 125 Å². The van der Waals surface area contributed by atoms with Crippen LogP contribution in [-0.4, -0.2) is 18.1 Å². The summed E-state index contributed by atoms with van der Waals surface area (Å²) < 4.78 is 1.22. The number of nitrogens with one attached hydrogen (secondary N) is 1. The molecule has 1 N–H and O–H groups in total. The second-order valence-corrected chi connectivity index (χ2v) is 7.26. The zero-order valence-electron chi connectivity index (χ0n) is 10.6. The largest absolute Gasteiger partial charge is 0.317 e. The van der Waals surface area contributed by atoms with Gasteiger partial charge >= 0.3 is 0 Å². The SMILES string of the molecule is Brc1cccc2c1Cc1sc(C3CCNCC3)nc1-2. The van der Waals surface area contributed by atoms with Crippen molar-refractivity contribution in [3.63, 3.8) is 0 Å². The number of benzene rings is 1. The molecule has 19 heavy (non-hydrogen) atoms. The number of rotatable bonds is 1. The lowest BCUT2D eigenvalue weighted by atomic mass is 9.99. The lowest BCUT2D eigenvalue weighted by Gasteiger charge is -2.20. The molecular weight excluding hydrogens is 320 g/mol. The van der Waals surface area contributed by atoms with E-state index in [1.807, 2.05) is 11.3 Å². The predicted molar refractivity (Wildman–Crippen MR) is 82.9 cm³/mol. The fraction of sp³-hybridized carbons (Fsp3) is 0.400. The molecule has 1 saturated heterocycles. The zero-order chi connectivity index (χ0) is 12.8. The minimum Gasteiger partial charge on any atom is -0.317 e. The van der Waals surface area contributed by atoms with Crippen molar-refractivity contribution < 1.29 is 0 Å². The van der Waals surface area contributed by atoms with Crippen LogP contribution in [0.3, 0.4) is 0 Å². The summed E-state index contributed by atoms with van der Waals surface area (Å²) >= 11 is 5.59. The highest BCUT2D eigenvalue weighted by Gasteiger charge is 2.27. The Morgan fingerprint density at radius 1 is 1.26 bits per heavy atom. The average molecular weight is 335 g/mol. The van der Waals surface area contributed by atoms with E-state index in [-0.39, 0.29) is 0 Å². The van der Waals surface area contributed by atoms with Gasteiger partial charge in [0.15, 0.2) is 0 Å². The second-order valence-electron chi connectivity index (χ2n) is 5.29. The van der Waals surface area contributed by atoms with E-state index in [2.05, 4.69) is 39.4 Å². The smallest absolute Gasteiger partial charge is 0.0967 e. The molecule has 1 aromatic carbocycles. The molecule has 0 unspecified atom stereocenters. The monoisotopic (exact) mass is 334 g/mol. The van der Waals surface area contributed by atoms with Gasteiger partial charge in [-0.05, 0) is 37.6 Å². The summed E-state index contributed by atoms with van der Waals surface area (Å²) in [5, 5.41) is 4.79. The van der Waals surface area contributed by atoms with Crippen LogP contribution in [0.4, 0.5) is 0 Å². The minimum absolute atomic E-state index is 0.674. The number of thiazole rings is 1. The van der Waals surface area contributed by atoms with Crippen LogP contribution in [0.2, 0.25) is 0 Å². The van der Waals surface area contributed by atoms with Gasteiger partial charge in [0.05, 0.1) is 10.7 Å². The fourth-order valence-corrected chi connectivity index (χ4v) is 4.83. The third-order valence-corrected chi connectivity index (χ3v) is 6.07. The second kappa shape index (κ2) is 4.69. The molecule has 0 bridgehead atoms. The van der Waals surface area contributed by atoms with Gasteiger partial charge in [0.1, 0.15) is 0 Å². The number of aromatic nitrogens is 1. The van der Waals surface area contributed by atoms with Crippen LogP contribution in [-0.2, 0) is 6.42 Å². The van der Waals surface area contributed by atoms with Crippen LogP contribution in [0.25, 0.3) is 11.3 Å². The third kappa shape index (κ3) is 1.97. The van der Waals surface area contributed by atoms with Gasteiger partial charge in [0.25, 0.3) is 0 Å². The average Bonchev–Trinajstić information content (AvgIpc) is 2.99. The minimum atomic E-state index is 0.674. The summed E-state index contributed by atoms with van der Waals surface area (Å²) in [5.74, 6) is 0.674. The van der Waals surface area contributed by atoms with Crippen molar-refractivity contribution >= 4 is 27.3 Å². The van der Waals surface area contributed by atoms with Crippen LogP contribution in [0.1, 0.15) is 34.2 Å². The predicted octanol–water partition coefficient (Wildman–Crippen LogP) is 3.94. The Balaban J connectivity index is 1.73. The molecular formula is C15H15BrN2S. The molecule has 2 heterocycles. The maximum Gasteiger partial charge on any atom is 0.0967 e. The number of halogens is 1. The Bertz CT molecular complexity index is 629. The van der Waals surface area contributed by atoms with Gasteiger partial charge in [-0.2, -0.15) is 0 Å². The molecule has 2 nitrogen and oxygen atoms in total. The molecule has 2 aromatic rings. The van der Waals surface area contributed by atoms with Crippen LogP contribution < -0.4 is 5.32 Å². The molecule has 4 heteroatoms. The van der Waals surface area contributed by atoms with E-state index >= 15 is 0 Å². The van der Waals surface area contributed by atoms with Gasteiger partial charge < -0.3 is 5.32 Å². The highest BCUT2D eigenvalue weighted by Crippen LogP contribution is 2.44. The third-order valence-electron chi connectivity index (χ3n) is 4.11. The fourth-order valence-electron chi connectivity index (χ4n) is 3.06. The molecule has 0 radical (unpaired) electrons. The number of hydrogen-bond acceptors (Lipinski definition) is 3. The number of piperidine rings is 1. The summed E-state index contributed by atoms with van der Waals surface area (Å²) in [4.78, 5) is 6.42. The van der Waals surface area contributed by atoms with Crippen LogP contribution in [0, 0.1) is 0 Å². The lowest BCUT2D eigenvalue weighted by molar-refractivity contribution is 0.459. The first-order chi connectivity index (χ1) is 9.33. The number of nitrogens with zero attached hydrogens (tertiary/aromatic N) is 1. The van der Waals surface area contributed by atoms with Crippen molar-refractivity contribution in [3.05, 3.63) is 38.1 Å². The molecule has 4 rings (SSSR count). The van der Waals surface area contributed by atoms with Gasteiger partial charge in [-0.1, -0.05) is 28.1 Å². The van der Waals surface area contributed by atoms with E-state index in [0.717, 1.165) is 19.5 Å². The Morgan fingerprint density at radius 3 is 2.95 bits per heavy atom. The molecule has 98 valence electrons. The summed E-state index contributed by atoms with van der Waals surface area (Å²) in [6, 6.07) is 6.45. The highest BCUT2D eigenvalue weighted by atomic mass is 79.9. The van der Waals surface area contributed by atoms with Crippen molar-refractivity contribution in [1.29, 1.82) is 0 Å². The van der Waals surface area contributed by atoms with Crippen LogP contribution >= 0.6 is 27.3 Å². The summed E-state index contributed by atoms with van der Waals surface area (Å²) in [6.07, 6.45) is 3.52. The molecule has 0 saturated carbocycles. The first-order valence-electron chi connectivity index (χ1n) is 6.81. The summed E-state index contributed by atoms with van der Waals surface area (Å²) in [7, 11) is 0. The quantitative estimate of drug-likeness (QED) is 0.728. The highest BCUT2D eigenvalue weighted by molar-refractivity contribution is 9.10. The van der Waals surface area contributed by atoms with Gasteiger partial charge in [0, 0.05) is 27.3 Å². The lowest BCUT2D eigenvalue weighted by Crippen LogP contribution is -2.26. The molecule has 1 aromatic heterocycles. The Kier molecular flexibility index (Phi) is 2.98. The van der Waals surface area contributed by atoms with E-state index in [0.29, 0.717) is 5.92 Å². The summed E-state index contributed by atoms with van der Waals surface area (Å²) in [5.41, 5.74) is 3.99. The molecule has 1 aliphatic heterocycles. The van der Waals surface area contributed by atoms with Crippen molar-refractivity contribution in [2.24, 2.45) is 0 Å². The zero-order valence-corrected chi connectivity index (χ0v) is 13.0. The normalized spacial score (nSPS) is 18.4. The standard InChI is InChI=1S/C15H15BrN2S/c16-12-3-1-2-10-11(12)8-13-14(10)18-15(19-13)9-4-6-17-7-5-9/h1-3,9,17H,4-8H2. The Hall–Kier alpha value is -0.710. The van der Waals surface area contributed by atoms with Crippen LogP contribution in [0.15, 0.2) is 22.7 Å². The van der Waals surface area contributed by atoms with Crippen molar-refractivity contribution in [2.75, 3.05) is 13.1 Å². The molecule has 0 atom stereocenters. The number of hydrogen-bond donors (Lipinski definition) is 1. The molecule has 1 aliphatic carbocycles.